The number of carbonyl (C=O) groups excluding carboxylic acids is 1. The fraction of sp³-hybridized carbons (Fsp3) is 0.188. The van der Waals surface area contributed by atoms with E-state index in [4.69, 9.17) is 27.9 Å². The standard InChI is InChI=1S/C16H14Cl2O2/c1-2-6-15(19)20-16-13(9-12(17)10-14(16)18)11-7-4-3-5-8-11/h3-5,7-10H,2,6H2,1H3. The largest absolute Gasteiger partial charge is 0.424 e. The minimum Gasteiger partial charge on any atom is -0.424 e. The molecular formula is C16H14Cl2O2. The van der Waals surface area contributed by atoms with Crippen molar-refractivity contribution in [2.45, 2.75) is 19.8 Å². The molecule has 0 aliphatic rings. The fourth-order valence-corrected chi connectivity index (χ4v) is 2.40. The quantitative estimate of drug-likeness (QED) is 0.561. The third-order valence-corrected chi connectivity index (χ3v) is 3.26. The van der Waals surface area contributed by atoms with Gasteiger partial charge in [-0.05, 0) is 24.1 Å². The van der Waals surface area contributed by atoms with E-state index >= 15 is 0 Å². The van der Waals surface area contributed by atoms with Crippen LogP contribution in [0.5, 0.6) is 5.75 Å². The molecule has 4 heteroatoms. The molecule has 2 aromatic carbocycles. The number of hydrogen-bond acceptors (Lipinski definition) is 2. The molecule has 2 aromatic rings. The molecule has 0 aromatic heterocycles. The van der Waals surface area contributed by atoms with Gasteiger partial charge in [0.2, 0.25) is 0 Å². The molecule has 0 heterocycles. The van der Waals surface area contributed by atoms with Crippen LogP contribution in [0.25, 0.3) is 11.1 Å². The normalized spacial score (nSPS) is 10.3. The van der Waals surface area contributed by atoms with Gasteiger partial charge < -0.3 is 4.74 Å². The molecule has 0 fully saturated rings. The van der Waals surface area contributed by atoms with Gasteiger partial charge in [-0.1, -0.05) is 60.5 Å². The Balaban J connectivity index is 2.47. The molecule has 104 valence electrons. The molecule has 0 amide bonds. The highest BCUT2D eigenvalue weighted by atomic mass is 35.5. The van der Waals surface area contributed by atoms with E-state index in [0.29, 0.717) is 27.8 Å². The van der Waals surface area contributed by atoms with Crippen LogP contribution in [0.2, 0.25) is 10.0 Å². The minimum absolute atomic E-state index is 0.297. The summed E-state index contributed by atoms with van der Waals surface area (Å²) in [6.07, 6.45) is 1.08. The summed E-state index contributed by atoms with van der Waals surface area (Å²) in [5.74, 6) is 0.0645. The maximum Gasteiger partial charge on any atom is 0.311 e. The molecule has 2 nitrogen and oxygen atoms in total. The molecule has 0 aliphatic heterocycles. The van der Waals surface area contributed by atoms with Crippen LogP contribution in [0.3, 0.4) is 0 Å². The number of benzene rings is 2. The van der Waals surface area contributed by atoms with Gasteiger partial charge in [-0.15, -0.1) is 0 Å². The number of carbonyl (C=O) groups is 1. The second kappa shape index (κ2) is 6.78. The van der Waals surface area contributed by atoms with Crippen molar-refractivity contribution in [3.05, 3.63) is 52.5 Å². The van der Waals surface area contributed by atoms with Gasteiger partial charge in [0, 0.05) is 17.0 Å². The Morgan fingerprint density at radius 3 is 2.50 bits per heavy atom. The Morgan fingerprint density at radius 1 is 1.15 bits per heavy atom. The average molecular weight is 309 g/mol. The Kier molecular flexibility index (Phi) is 5.05. The molecule has 0 saturated carbocycles. The number of esters is 1. The van der Waals surface area contributed by atoms with Crippen molar-refractivity contribution < 1.29 is 9.53 Å². The van der Waals surface area contributed by atoms with Crippen LogP contribution in [0.4, 0.5) is 0 Å². The maximum absolute atomic E-state index is 11.7. The van der Waals surface area contributed by atoms with Gasteiger partial charge in [-0.2, -0.15) is 0 Å². The van der Waals surface area contributed by atoms with Gasteiger partial charge in [-0.25, -0.2) is 0 Å². The monoisotopic (exact) mass is 308 g/mol. The van der Waals surface area contributed by atoms with Crippen molar-refractivity contribution in [1.29, 1.82) is 0 Å². The number of halogens is 2. The predicted octanol–water partition coefficient (Wildman–Crippen LogP) is 5.37. The highest BCUT2D eigenvalue weighted by molar-refractivity contribution is 6.36. The fourth-order valence-electron chi connectivity index (χ4n) is 1.87. The predicted molar refractivity (Wildman–Crippen MR) is 82.4 cm³/mol. The molecule has 0 radical (unpaired) electrons. The molecule has 0 unspecified atom stereocenters. The lowest BCUT2D eigenvalue weighted by atomic mass is 10.0. The summed E-state index contributed by atoms with van der Waals surface area (Å²) < 4.78 is 5.40. The van der Waals surface area contributed by atoms with Gasteiger partial charge in [0.05, 0.1) is 5.02 Å². The Hall–Kier alpha value is -1.51. The zero-order valence-corrected chi connectivity index (χ0v) is 12.5. The summed E-state index contributed by atoms with van der Waals surface area (Å²) in [4.78, 5) is 11.7. The first-order valence-corrected chi connectivity index (χ1v) is 7.12. The van der Waals surface area contributed by atoms with E-state index in [-0.39, 0.29) is 5.97 Å². The topological polar surface area (TPSA) is 26.3 Å². The zero-order chi connectivity index (χ0) is 14.5. The Labute approximate surface area is 128 Å². The lowest BCUT2D eigenvalue weighted by Gasteiger charge is -2.12. The third-order valence-electron chi connectivity index (χ3n) is 2.76. The summed E-state index contributed by atoms with van der Waals surface area (Å²) in [5.41, 5.74) is 1.61. The van der Waals surface area contributed by atoms with Crippen molar-refractivity contribution in [2.75, 3.05) is 0 Å². The van der Waals surface area contributed by atoms with Gasteiger partial charge in [0.15, 0.2) is 5.75 Å². The molecule has 0 bridgehead atoms. The second-order valence-electron chi connectivity index (χ2n) is 4.35. The van der Waals surface area contributed by atoms with E-state index in [1.165, 1.54) is 0 Å². The summed E-state index contributed by atoms with van der Waals surface area (Å²) in [5, 5.41) is 0.838. The van der Waals surface area contributed by atoms with Crippen LogP contribution in [0, 0.1) is 0 Å². The first-order valence-electron chi connectivity index (χ1n) is 6.37. The summed E-state index contributed by atoms with van der Waals surface area (Å²) in [7, 11) is 0. The second-order valence-corrected chi connectivity index (χ2v) is 5.20. The van der Waals surface area contributed by atoms with Crippen molar-refractivity contribution in [3.63, 3.8) is 0 Å². The van der Waals surface area contributed by atoms with Crippen LogP contribution in [0.15, 0.2) is 42.5 Å². The molecular weight excluding hydrogens is 295 g/mol. The van der Waals surface area contributed by atoms with E-state index in [9.17, 15) is 4.79 Å². The molecule has 2 rings (SSSR count). The van der Waals surface area contributed by atoms with Gasteiger partial charge in [0.25, 0.3) is 0 Å². The first kappa shape index (κ1) is 14.9. The van der Waals surface area contributed by atoms with Crippen molar-refractivity contribution in [2.24, 2.45) is 0 Å². The molecule has 0 atom stereocenters. The third kappa shape index (κ3) is 3.53. The number of ether oxygens (including phenoxy) is 1. The van der Waals surface area contributed by atoms with Crippen LogP contribution in [0.1, 0.15) is 19.8 Å². The van der Waals surface area contributed by atoms with E-state index < -0.39 is 0 Å². The van der Waals surface area contributed by atoms with Crippen LogP contribution >= 0.6 is 23.2 Å². The zero-order valence-electron chi connectivity index (χ0n) is 11.0. The highest BCUT2D eigenvalue weighted by Gasteiger charge is 2.15. The highest BCUT2D eigenvalue weighted by Crippen LogP contribution is 2.39. The Bertz CT molecular complexity index is 609. The van der Waals surface area contributed by atoms with Crippen molar-refractivity contribution in [1.82, 2.24) is 0 Å². The van der Waals surface area contributed by atoms with Crippen LogP contribution < -0.4 is 4.74 Å². The molecule has 20 heavy (non-hydrogen) atoms. The van der Waals surface area contributed by atoms with Gasteiger partial charge in [0.1, 0.15) is 0 Å². The lowest BCUT2D eigenvalue weighted by molar-refractivity contribution is -0.134. The smallest absolute Gasteiger partial charge is 0.311 e. The summed E-state index contributed by atoms with van der Waals surface area (Å²) in [6, 6.07) is 12.9. The number of rotatable bonds is 4. The van der Waals surface area contributed by atoms with Gasteiger partial charge >= 0.3 is 5.97 Å². The minimum atomic E-state index is -0.297. The first-order chi connectivity index (χ1) is 9.61. The van der Waals surface area contributed by atoms with Gasteiger partial charge in [-0.3, -0.25) is 4.79 Å². The number of hydrogen-bond donors (Lipinski definition) is 0. The lowest BCUT2D eigenvalue weighted by Crippen LogP contribution is -2.08. The molecule has 0 spiro atoms. The molecule has 0 aliphatic carbocycles. The van der Waals surface area contributed by atoms with Crippen molar-refractivity contribution in [3.8, 4) is 16.9 Å². The van der Waals surface area contributed by atoms with E-state index in [2.05, 4.69) is 0 Å². The summed E-state index contributed by atoms with van der Waals surface area (Å²) >= 11 is 12.2. The van der Waals surface area contributed by atoms with E-state index in [1.807, 2.05) is 37.3 Å². The van der Waals surface area contributed by atoms with Crippen LogP contribution in [-0.2, 0) is 4.79 Å². The van der Waals surface area contributed by atoms with E-state index in [0.717, 1.165) is 12.0 Å². The molecule has 0 N–H and O–H groups in total. The van der Waals surface area contributed by atoms with E-state index in [1.54, 1.807) is 12.1 Å². The average Bonchev–Trinajstić information content (AvgIpc) is 2.43. The maximum atomic E-state index is 11.7. The SMILES string of the molecule is CCCC(=O)Oc1c(Cl)cc(Cl)cc1-c1ccccc1. The molecule has 0 saturated heterocycles. The van der Waals surface area contributed by atoms with Crippen LogP contribution in [-0.4, -0.2) is 5.97 Å². The van der Waals surface area contributed by atoms with Crippen molar-refractivity contribution >= 4 is 29.2 Å². The summed E-state index contributed by atoms with van der Waals surface area (Å²) in [6.45, 7) is 1.92. The Morgan fingerprint density at radius 2 is 1.85 bits per heavy atom.